The Hall–Kier alpha value is -4.26. The number of aliphatic imine (C=N–C) groups is 1. The maximum atomic E-state index is 13.0. The Kier molecular flexibility index (Phi) is 5.21. The highest BCUT2D eigenvalue weighted by Crippen LogP contribution is 2.25. The molecule has 5 rings (SSSR count). The van der Waals surface area contributed by atoms with Gasteiger partial charge in [0.25, 0.3) is 0 Å². The van der Waals surface area contributed by atoms with Gasteiger partial charge in [0.1, 0.15) is 5.75 Å². The maximum Gasteiger partial charge on any atom is 0.317 e. The molecule has 1 aromatic heterocycles. The van der Waals surface area contributed by atoms with Crippen molar-refractivity contribution in [1.82, 2.24) is 10.2 Å². The fraction of sp³-hybridized carbons (Fsp3) is 0.120. The van der Waals surface area contributed by atoms with Crippen molar-refractivity contribution in [3.8, 4) is 17.2 Å². The summed E-state index contributed by atoms with van der Waals surface area (Å²) in [5, 5.41) is 11.2. The van der Waals surface area contributed by atoms with Crippen LogP contribution in [-0.4, -0.2) is 35.0 Å². The fourth-order valence-electron chi connectivity index (χ4n) is 3.65. The van der Waals surface area contributed by atoms with Gasteiger partial charge in [-0.05, 0) is 29.8 Å². The van der Waals surface area contributed by atoms with Gasteiger partial charge < -0.3 is 14.5 Å². The number of hydrogen-bond donors (Lipinski definition) is 1. The molecule has 0 amide bonds. The first kappa shape index (κ1) is 19.7. The molecule has 158 valence electrons. The van der Waals surface area contributed by atoms with Crippen LogP contribution in [0.25, 0.3) is 11.5 Å². The van der Waals surface area contributed by atoms with Gasteiger partial charge in [0.2, 0.25) is 5.89 Å². The first-order valence-electron chi connectivity index (χ1n) is 10.2. The summed E-state index contributed by atoms with van der Waals surface area (Å²) in [6.07, 6.45) is -0.588. The molecule has 0 fully saturated rings. The molecule has 4 aromatic rings. The lowest BCUT2D eigenvalue weighted by Crippen LogP contribution is -2.29. The third kappa shape index (κ3) is 3.88. The van der Waals surface area contributed by atoms with Gasteiger partial charge in [-0.25, -0.2) is 0 Å². The van der Waals surface area contributed by atoms with Crippen LogP contribution in [-0.2, 0) is 11.2 Å². The summed E-state index contributed by atoms with van der Waals surface area (Å²) in [5.74, 6) is 0.998. The Morgan fingerprint density at radius 1 is 0.906 bits per heavy atom. The van der Waals surface area contributed by atoms with Gasteiger partial charge in [0, 0.05) is 23.1 Å². The Labute approximate surface area is 184 Å². The van der Waals surface area contributed by atoms with Crippen molar-refractivity contribution in [3.05, 3.63) is 95.6 Å². The van der Waals surface area contributed by atoms with Crippen molar-refractivity contribution in [2.45, 2.75) is 12.6 Å². The number of anilines is 1. The number of hydrogen-bond acceptors (Lipinski definition) is 7. The molecule has 0 saturated heterocycles. The van der Waals surface area contributed by atoms with Crippen LogP contribution >= 0.6 is 0 Å². The Morgan fingerprint density at radius 3 is 2.44 bits per heavy atom. The number of nitrogens with one attached hydrogen (secondary N) is 1. The molecule has 7 heteroatoms. The molecular formula is C25H20N4O3. The van der Waals surface area contributed by atoms with Crippen molar-refractivity contribution >= 4 is 17.5 Å². The number of nitrogens with zero attached hydrogens (tertiary/aromatic N) is 3. The van der Waals surface area contributed by atoms with Crippen LogP contribution in [0.3, 0.4) is 0 Å². The predicted octanol–water partition coefficient (Wildman–Crippen LogP) is 4.15. The monoisotopic (exact) mass is 424 g/mol. The summed E-state index contributed by atoms with van der Waals surface area (Å²) in [4.78, 5) is 17.8. The molecule has 0 radical (unpaired) electrons. The lowest BCUT2D eigenvalue weighted by Gasteiger charge is -2.11. The minimum absolute atomic E-state index is 0.0763. The highest BCUT2D eigenvalue weighted by Gasteiger charge is 2.27. The van der Waals surface area contributed by atoms with Crippen LogP contribution in [0.15, 0.2) is 88.3 Å². The van der Waals surface area contributed by atoms with Crippen molar-refractivity contribution in [1.29, 1.82) is 0 Å². The summed E-state index contributed by atoms with van der Waals surface area (Å²) >= 11 is 0. The van der Waals surface area contributed by atoms with E-state index in [1.54, 1.807) is 7.11 Å². The second-order valence-corrected chi connectivity index (χ2v) is 7.33. The van der Waals surface area contributed by atoms with E-state index in [2.05, 4.69) is 15.5 Å². The topological polar surface area (TPSA) is 89.6 Å². The summed E-state index contributed by atoms with van der Waals surface area (Å²) in [5.41, 5.74) is 4.32. The van der Waals surface area contributed by atoms with E-state index in [0.717, 1.165) is 33.7 Å². The zero-order chi connectivity index (χ0) is 21.9. The van der Waals surface area contributed by atoms with Crippen molar-refractivity contribution in [2.75, 3.05) is 12.4 Å². The lowest BCUT2D eigenvalue weighted by atomic mass is 9.96. The Morgan fingerprint density at radius 2 is 1.66 bits per heavy atom. The number of benzene rings is 3. The minimum Gasteiger partial charge on any atom is -0.497 e. The highest BCUT2D eigenvalue weighted by atomic mass is 16.5. The number of fused-ring (bicyclic) bond motifs is 1. The quantitative estimate of drug-likeness (QED) is 0.518. The van der Waals surface area contributed by atoms with E-state index in [0.29, 0.717) is 5.89 Å². The number of rotatable bonds is 5. The number of methoxy groups -OCH3 is 1. The van der Waals surface area contributed by atoms with E-state index in [1.165, 1.54) is 0 Å². The molecule has 2 heterocycles. The van der Waals surface area contributed by atoms with Gasteiger partial charge in [-0.3, -0.25) is 9.79 Å². The third-order valence-corrected chi connectivity index (χ3v) is 5.27. The maximum absolute atomic E-state index is 13.0. The van der Waals surface area contributed by atoms with E-state index >= 15 is 0 Å². The average Bonchev–Trinajstić information content (AvgIpc) is 3.26. The number of ether oxygens (including phenoxy) is 1. The van der Waals surface area contributed by atoms with Crippen molar-refractivity contribution in [2.24, 2.45) is 4.99 Å². The van der Waals surface area contributed by atoms with Gasteiger partial charge in [-0.2, -0.15) is 0 Å². The van der Waals surface area contributed by atoms with Crippen LogP contribution in [0.1, 0.15) is 16.7 Å². The van der Waals surface area contributed by atoms with Gasteiger partial charge in [0.05, 0.1) is 12.8 Å². The summed E-state index contributed by atoms with van der Waals surface area (Å²) in [7, 11) is 1.61. The first-order chi connectivity index (χ1) is 15.7. The predicted molar refractivity (Wildman–Crippen MR) is 121 cm³/mol. The molecule has 0 aliphatic carbocycles. The molecule has 1 aliphatic heterocycles. The number of carbonyl (C=O) groups excluding carboxylic acids is 1. The van der Waals surface area contributed by atoms with Gasteiger partial charge in [-0.15, -0.1) is 5.10 Å². The van der Waals surface area contributed by atoms with E-state index in [4.69, 9.17) is 14.1 Å². The van der Waals surface area contributed by atoms with Crippen LogP contribution in [0, 0.1) is 0 Å². The van der Waals surface area contributed by atoms with E-state index < -0.39 is 6.17 Å². The highest BCUT2D eigenvalue weighted by molar-refractivity contribution is 6.16. The van der Waals surface area contributed by atoms with Crippen LogP contribution < -0.4 is 10.1 Å². The Bertz CT molecular complexity index is 1280. The normalized spacial score (nSPS) is 15.5. The lowest BCUT2D eigenvalue weighted by molar-refractivity contribution is -0.119. The minimum atomic E-state index is -0.846. The molecule has 1 atom stereocenters. The molecule has 3 aromatic carbocycles. The van der Waals surface area contributed by atoms with Gasteiger partial charge in [-0.1, -0.05) is 59.7 Å². The summed E-state index contributed by atoms with van der Waals surface area (Å²) < 4.78 is 10.9. The SMILES string of the molecule is COc1ccc(-c2nnc(NC3N=C(c4ccccc4)c4ccccc4CC3=O)o2)cc1. The molecular weight excluding hydrogens is 404 g/mol. The molecule has 0 bridgehead atoms. The largest absolute Gasteiger partial charge is 0.497 e. The smallest absolute Gasteiger partial charge is 0.317 e. The van der Waals surface area contributed by atoms with E-state index in [9.17, 15) is 4.79 Å². The molecule has 1 unspecified atom stereocenters. The van der Waals surface area contributed by atoms with Crippen LogP contribution in [0.5, 0.6) is 5.75 Å². The van der Waals surface area contributed by atoms with E-state index in [1.807, 2.05) is 78.9 Å². The molecule has 7 nitrogen and oxygen atoms in total. The Balaban J connectivity index is 1.47. The molecule has 32 heavy (non-hydrogen) atoms. The van der Waals surface area contributed by atoms with Crippen LogP contribution in [0.4, 0.5) is 6.01 Å². The zero-order valence-electron chi connectivity index (χ0n) is 17.4. The van der Waals surface area contributed by atoms with Crippen LogP contribution in [0.2, 0.25) is 0 Å². The first-order valence-corrected chi connectivity index (χ1v) is 10.2. The number of aromatic nitrogens is 2. The van der Waals surface area contributed by atoms with E-state index in [-0.39, 0.29) is 18.2 Å². The number of ketones is 1. The van der Waals surface area contributed by atoms with Gasteiger partial charge in [0.15, 0.2) is 11.9 Å². The van der Waals surface area contributed by atoms with Crippen molar-refractivity contribution < 1.29 is 13.9 Å². The second kappa shape index (κ2) is 8.47. The summed E-state index contributed by atoms with van der Waals surface area (Å²) in [6, 6.07) is 25.1. The molecule has 1 aliphatic rings. The number of carbonyl (C=O) groups is 1. The average molecular weight is 424 g/mol. The number of Topliss-reactive ketones (excluding diaryl/α,β-unsaturated/α-hetero) is 1. The second-order valence-electron chi connectivity index (χ2n) is 7.33. The standard InChI is InChI=1S/C25H20N4O3/c1-31-19-13-11-17(12-14-19)24-28-29-25(32-24)27-23-21(30)15-18-9-5-6-10-20(18)22(26-23)16-7-3-2-4-8-16/h2-14,23H,15H2,1H3,(H,27,29). The fourth-order valence-corrected chi connectivity index (χ4v) is 3.65. The molecule has 0 saturated carbocycles. The summed E-state index contributed by atoms with van der Waals surface area (Å²) in [6.45, 7) is 0. The van der Waals surface area contributed by atoms with Gasteiger partial charge >= 0.3 is 6.01 Å². The molecule has 0 spiro atoms. The molecule has 1 N–H and O–H groups in total. The zero-order valence-corrected chi connectivity index (χ0v) is 17.4. The third-order valence-electron chi connectivity index (χ3n) is 5.27. The van der Waals surface area contributed by atoms with Crippen molar-refractivity contribution in [3.63, 3.8) is 0 Å².